The first-order chi connectivity index (χ1) is 14.2. The molecule has 0 aliphatic heterocycles. The summed E-state index contributed by atoms with van der Waals surface area (Å²) in [6.07, 6.45) is 3.48. The van der Waals surface area contributed by atoms with Crippen LogP contribution in [0.1, 0.15) is 0 Å². The summed E-state index contributed by atoms with van der Waals surface area (Å²) in [5, 5.41) is 5.38. The zero-order valence-electron chi connectivity index (χ0n) is 15.7. The molecule has 0 aliphatic rings. The molecule has 0 aliphatic carbocycles. The molecule has 0 atom stereocenters. The average molecular weight is 503 g/mol. The maximum Gasteiger partial charge on any atom is 0.287 e. The van der Waals surface area contributed by atoms with E-state index in [-0.39, 0.29) is 29.4 Å². The Morgan fingerprint density at radius 3 is 2.63 bits per heavy atom. The number of amides is 1. The lowest BCUT2D eigenvalue weighted by Gasteiger charge is -2.12. The fourth-order valence-corrected chi connectivity index (χ4v) is 3.58. The Bertz CT molecular complexity index is 1110. The summed E-state index contributed by atoms with van der Waals surface area (Å²) in [6, 6.07) is 20.4. The molecule has 0 unspecified atom stereocenters. The van der Waals surface area contributed by atoms with Crippen molar-refractivity contribution in [3.05, 3.63) is 89.7 Å². The van der Waals surface area contributed by atoms with Crippen LogP contribution in [0.25, 0.3) is 10.6 Å². The van der Waals surface area contributed by atoms with Gasteiger partial charge in [0.2, 0.25) is 0 Å². The summed E-state index contributed by atoms with van der Waals surface area (Å²) in [7, 11) is 0. The number of nitrogens with zero attached hydrogens (tertiary/aromatic N) is 2. The normalized spacial score (nSPS) is 10.2. The van der Waals surface area contributed by atoms with Crippen LogP contribution in [0.5, 0.6) is 11.5 Å². The Balaban J connectivity index is 0.00000256. The fourth-order valence-electron chi connectivity index (χ4n) is 2.71. The summed E-state index contributed by atoms with van der Waals surface area (Å²) >= 11 is 7.73. The van der Waals surface area contributed by atoms with Gasteiger partial charge in [0.1, 0.15) is 5.75 Å². The number of hydrogen-bond donors (Lipinski definition) is 1. The Morgan fingerprint density at radius 1 is 1.10 bits per heavy atom. The quantitative estimate of drug-likeness (QED) is 0.411. The molecule has 2 heterocycles. The Labute approximate surface area is 193 Å². The van der Waals surface area contributed by atoms with E-state index in [1.807, 2.05) is 60.1 Å². The molecule has 4 rings (SSSR count). The number of carbonyl (C=O) groups is 1. The highest BCUT2D eigenvalue weighted by Gasteiger charge is 2.14. The van der Waals surface area contributed by atoms with Gasteiger partial charge in [-0.25, -0.2) is 4.57 Å². The van der Waals surface area contributed by atoms with E-state index in [2.05, 4.69) is 10.3 Å². The van der Waals surface area contributed by atoms with Crippen molar-refractivity contribution in [1.82, 2.24) is 4.98 Å². The van der Waals surface area contributed by atoms with Gasteiger partial charge < -0.3 is 27.0 Å². The maximum absolute atomic E-state index is 12.6. The number of hydrogen-bond acceptors (Lipinski definition) is 4. The van der Waals surface area contributed by atoms with Gasteiger partial charge in [0.05, 0.1) is 16.8 Å². The van der Waals surface area contributed by atoms with Crippen LogP contribution in [-0.4, -0.2) is 10.9 Å². The number of rotatable bonds is 6. The lowest BCUT2D eigenvalue weighted by molar-refractivity contribution is -0.686. The van der Waals surface area contributed by atoms with Gasteiger partial charge in [-0.05, 0) is 46.8 Å². The minimum absolute atomic E-state index is 0. The Hall–Kier alpha value is -2.74. The first-order valence-corrected chi connectivity index (χ1v) is 10.1. The number of ether oxygens (including phenoxy) is 1. The fraction of sp³-hybridized carbons (Fsp3) is 0.0455. The third-order valence-corrected chi connectivity index (χ3v) is 5.18. The summed E-state index contributed by atoms with van der Waals surface area (Å²) in [5.41, 5.74) is 1.39. The molecule has 30 heavy (non-hydrogen) atoms. The van der Waals surface area contributed by atoms with E-state index < -0.39 is 0 Å². The Kier molecular flexibility index (Phi) is 7.57. The van der Waals surface area contributed by atoms with Gasteiger partial charge in [0, 0.05) is 11.1 Å². The molecule has 4 aromatic rings. The zero-order valence-corrected chi connectivity index (χ0v) is 18.8. The number of carbonyl (C=O) groups excluding carboxylic acids is 1. The van der Waals surface area contributed by atoms with Crippen LogP contribution in [0.4, 0.5) is 5.69 Å². The topological polar surface area (TPSA) is 55.1 Å². The first kappa shape index (κ1) is 22.0. The molecular weight excluding hydrogens is 486 g/mol. The van der Waals surface area contributed by atoms with Crippen LogP contribution >= 0.6 is 22.9 Å². The molecule has 8 heteroatoms. The molecule has 2 aromatic heterocycles. The highest BCUT2D eigenvalue weighted by atomic mass is 79.9. The van der Waals surface area contributed by atoms with Crippen LogP contribution in [-0.2, 0) is 11.3 Å². The third kappa shape index (κ3) is 5.66. The summed E-state index contributed by atoms with van der Waals surface area (Å²) in [5.74, 6) is 0.985. The maximum atomic E-state index is 12.6. The number of benzene rings is 2. The van der Waals surface area contributed by atoms with Crippen LogP contribution in [0.15, 0.2) is 84.6 Å². The molecular formula is C22H17BrClN3O2S. The summed E-state index contributed by atoms with van der Waals surface area (Å²) in [4.78, 5) is 18.1. The molecule has 1 amide bonds. The zero-order chi connectivity index (χ0) is 20.1. The van der Waals surface area contributed by atoms with E-state index in [9.17, 15) is 4.79 Å². The number of nitrogens with one attached hydrogen (secondary N) is 1. The second kappa shape index (κ2) is 10.3. The second-order valence-electron chi connectivity index (χ2n) is 6.20. The van der Waals surface area contributed by atoms with Gasteiger partial charge in [-0.3, -0.25) is 4.79 Å². The standard InChI is InChI=1S/C22H16ClN3O2S.BrH/c23-16-8-9-20(28-17-5-2-1-3-6-17)19(13-16)25-22(27)14-26-11-10-18(24-15-26)21-7-4-12-29-21;/h1-13,15H,14H2;1H. The molecule has 0 radical (unpaired) electrons. The van der Waals surface area contributed by atoms with Crippen LogP contribution in [0.2, 0.25) is 5.02 Å². The minimum atomic E-state index is -0.208. The van der Waals surface area contributed by atoms with Crippen molar-refractivity contribution in [2.24, 2.45) is 0 Å². The average Bonchev–Trinajstić information content (AvgIpc) is 3.26. The minimum Gasteiger partial charge on any atom is -1.00 e. The van der Waals surface area contributed by atoms with Crippen molar-refractivity contribution in [1.29, 1.82) is 0 Å². The van der Waals surface area contributed by atoms with Crippen molar-refractivity contribution >= 4 is 34.5 Å². The largest absolute Gasteiger partial charge is 1.00 e. The molecule has 2 aromatic carbocycles. The molecule has 0 fully saturated rings. The number of thiophene rings is 1. The van der Waals surface area contributed by atoms with Crippen LogP contribution in [0, 0.1) is 0 Å². The van der Waals surface area contributed by atoms with Crippen LogP contribution < -0.4 is 31.6 Å². The molecule has 0 bridgehead atoms. The molecule has 0 spiro atoms. The lowest BCUT2D eigenvalue weighted by Crippen LogP contribution is -3.00. The van der Waals surface area contributed by atoms with Crippen molar-refractivity contribution in [3.63, 3.8) is 0 Å². The van der Waals surface area contributed by atoms with E-state index in [1.54, 1.807) is 40.4 Å². The van der Waals surface area contributed by atoms with Gasteiger partial charge in [0.15, 0.2) is 18.0 Å². The van der Waals surface area contributed by atoms with Gasteiger partial charge in [0.25, 0.3) is 12.2 Å². The number of para-hydroxylation sites is 1. The second-order valence-corrected chi connectivity index (χ2v) is 7.58. The van der Waals surface area contributed by atoms with E-state index in [1.165, 1.54) is 0 Å². The van der Waals surface area contributed by atoms with Crippen molar-refractivity contribution in [2.45, 2.75) is 6.54 Å². The SMILES string of the molecule is O=C(C[n+]1ccc(-c2cccs2)nc1)Nc1cc(Cl)ccc1Oc1ccccc1.[Br-]. The van der Waals surface area contributed by atoms with Gasteiger partial charge >= 0.3 is 0 Å². The highest BCUT2D eigenvalue weighted by Crippen LogP contribution is 2.32. The van der Waals surface area contributed by atoms with E-state index in [4.69, 9.17) is 16.3 Å². The summed E-state index contributed by atoms with van der Waals surface area (Å²) < 4.78 is 7.60. The van der Waals surface area contributed by atoms with E-state index in [0.29, 0.717) is 22.2 Å². The number of halogens is 2. The van der Waals surface area contributed by atoms with Crippen molar-refractivity contribution in [2.75, 3.05) is 5.32 Å². The van der Waals surface area contributed by atoms with Gasteiger partial charge in [-0.2, -0.15) is 0 Å². The molecule has 0 saturated carbocycles. The first-order valence-electron chi connectivity index (χ1n) is 8.89. The molecule has 5 nitrogen and oxygen atoms in total. The van der Waals surface area contributed by atoms with Gasteiger partial charge in [-0.1, -0.05) is 35.9 Å². The number of aromatic nitrogens is 2. The highest BCUT2D eigenvalue weighted by molar-refractivity contribution is 7.13. The van der Waals surface area contributed by atoms with Gasteiger partial charge in [-0.15, -0.1) is 11.3 Å². The summed E-state index contributed by atoms with van der Waals surface area (Å²) in [6.45, 7) is 0.120. The van der Waals surface area contributed by atoms with E-state index in [0.717, 1.165) is 10.6 Å². The smallest absolute Gasteiger partial charge is 0.287 e. The predicted octanol–water partition coefficient (Wildman–Crippen LogP) is 2.19. The monoisotopic (exact) mass is 501 g/mol. The molecule has 0 saturated heterocycles. The number of anilines is 1. The van der Waals surface area contributed by atoms with Crippen molar-refractivity contribution < 1.29 is 31.1 Å². The van der Waals surface area contributed by atoms with Crippen molar-refractivity contribution in [3.8, 4) is 22.1 Å². The third-order valence-electron chi connectivity index (χ3n) is 4.06. The lowest BCUT2D eigenvalue weighted by atomic mass is 10.2. The van der Waals surface area contributed by atoms with E-state index >= 15 is 0 Å². The predicted molar refractivity (Wildman–Crippen MR) is 114 cm³/mol. The molecule has 152 valence electrons. The molecule has 1 N–H and O–H groups in total. The van der Waals surface area contributed by atoms with Crippen LogP contribution in [0.3, 0.4) is 0 Å². The Morgan fingerprint density at radius 2 is 1.93 bits per heavy atom.